The van der Waals surface area contributed by atoms with Crippen molar-refractivity contribution in [1.82, 2.24) is 0 Å². The van der Waals surface area contributed by atoms with Gasteiger partial charge < -0.3 is 5.32 Å². The molecule has 80 valence electrons. The van der Waals surface area contributed by atoms with Crippen LogP contribution in [0, 0.1) is 13.7 Å². The highest BCUT2D eigenvalue weighted by molar-refractivity contribution is 14.1. The van der Waals surface area contributed by atoms with Gasteiger partial charge in [-0.3, -0.25) is 10.1 Å². The molecule has 0 spiro atoms. The lowest BCUT2D eigenvalue weighted by atomic mass is 10.2. The summed E-state index contributed by atoms with van der Waals surface area (Å²) in [6.07, 6.45) is 0. The van der Waals surface area contributed by atoms with Gasteiger partial charge in [-0.05, 0) is 35.6 Å². The number of nitrogens with zero attached hydrogens (tertiary/aromatic N) is 1. The van der Waals surface area contributed by atoms with Crippen LogP contribution in [0.25, 0.3) is 0 Å². The lowest BCUT2D eigenvalue weighted by Gasteiger charge is -2.07. The average molecular weight is 318 g/mol. The molecule has 1 aromatic rings. The van der Waals surface area contributed by atoms with Crippen LogP contribution in [0.2, 0.25) is 0 Å². The predicted octanol–water partition coefficient (Wildman–Crippen LogP) is 3.19. The number of non-ortho nitro benzene ring substituents is 1. The molecule has 1 N–H and O–H groups in total. The molecule has 1 rings (SSSR count). The quantitative estimate of drug-likeness (QED) is 0.401. The standard InChI is InChI=1S/C10H11IN2O2/c1-7(2)6-12-10-4-3-8(13(14)15)5-9(10)11/h3-5,12H,1,6H2,2H3. The number of hydrogen-bond donors (Lipinski definition) is 1. The minimum atomic E-state index is -0.398. The maximum absolute atomic E-state index is 10.5. The third-order valence-corrected chi connectivity index (χ3v) is 2.64. The third kappa shape index (κ3) is 3.50. The lowest BCUT2D eigenvalue weighted by Crippen LogP contribution is -2.03. The molecule has 0 amide bonds. The fraction of sp³-hybridized carbons (Fsp3) is 0.200. The van der Waals surface area contributed by atoms with Crippen LogP contribution < -0.4 is 5.32 Å². The van der Waals surface area contributed by atoms with E-state index in [-0.39, 0.29) is 5.69 Å². The van der Waals surface area contributed by atoms with Crippen LogP contribution in [0.15, 0.2) is 30.4 Å². The highest BCUT2D eigenvalue weighted by atomic mass is 127. The summed E-state index contributed by atoms with van der Waals surface area (Å²) in [5, 5.41) is 13.6. The van der Waals surface area contributed by atoms with E-state index in [2.05, 4.69) is 34.5 Å². The van der Waals surface area contributed by atoms with Gasteiger partial charge in [0.1, 0.15) is 0 Å². The zero-order valence-electron chi connectivity index (χ0n) is 8.29. The van der Waals surface area contributed by atoms with Gasteiger partial charge in [-0.1, -0.05) is 12.2 Å². The van der Waals surface area contributed by atoms with Crippen LogP contribution in [0.1, 0.15) is 6.92 Å². The summed E-state index contributed by atoms with van der Waals surface area (Å²) < 4.78 is 0.836. The maximum atomic E-state index is 10.5. The van der Waals surface area contributed by atoms with E-state index in [0.717, 1.165) is 14.8 Å². The Bertz CT molecular complexity index is 404. The zero-order valence-corrected chi connectivity index (χ0v) is 10.4. The fourth-order valence-corrected chi connectivity index (χ4v) is 1.70. The molecule has 15 heavy (non-hydrogen) atoms. The second kappa shape index (κ2) is 5.11. The van der Waals surface area contributed by atoms with Crippen LogP contribution in [-0.2, 0) is 0 Å². The van der Waals surface area contributed by atoms with Crippen molar-refractivity contribution in [2.75, 3.05) is 11.9 Å². The van der Waals surface area contributed by atoms with E-state index >= 15 is 0 Å². The Morgan fingerprint density at radius 3 is 2.80 bits per heavy atom. The Balaban J connectivity index is 2.83. The number of benzene rings is 1. The van der Waals surface area contributed by atoms with Gasteiger partial charge in [0.2, 0.25) is 0 Å². The van der Waals surface area contributed by atoms with Crippen LogP contribution in [0.3, 0.4) is 0 Å². The van der Waals surface area contributed by atoms with Crippen LogP contribution in [0.5, 0.6) is 0 Å². The number of nitro groups is 1. The first-order valence-electron chi connectivity index (χ1n) is 4.33. The predicted molar refractivity (Wildman–Crippen MR) is 69.1 cm³/mol. The summed E-state index contributed by atoms with van der Waals surface area (Å²) in [6, 6.07) is 4.74. The highest BCUT2D eigenvalue weighted by Crippen LogP contribution is 2.23. The molecule has 1 aromatic carbocycles. The van der Waals surface area contributed by atoms with Crippen LogP contribution in [-0.4, -0.2) is 11.5 Å². The van der Waals surface area contributed by atoms with Crippen LogP contribution >= 0.6 is 22.6 Å². The van der Waals surface area contributed by atoms with Crippen molar-refractivity contribution in [1.29, 1.82) is 0 Å². The first kappa shape index (κ1) is 12.0. The molecule has 0 unspecified atom stereocenters. The second-order valence-electron chi connectivity index (χ2n) is 3.23. The number of nitrogens with one attached hydrogen (secondary N) is 1. The van der Waals surface area contributed by atoms with E-state index in [1.54, 1.807) is 12.1 Å². The maximum Gasteiger partial charge on any atom is 0.270 e. The molecule has 4 nitrogen and oxygen atoms in total. The molecule has 0 aliphatic rings. The highest BCUT2D eigenvalue weighted by Gasteiger charge is 2.08. The number of nitro benzene ring substituents is 1. The van der Waals surface area contributed by atoms with Gasteiger partial charge in [-0.25, -0.2) is 0 Å². The van der Waals surface area contributed by atoms with E-state index in [0.29, 0.717) is 6.54 Å². The summed E-state index contributed by atoms with van der Waals surface area (Å²) in [5.41, 5.74) is 2.02. The van der Waals surface area contributed by atoms with Crippen molar-refractivity contribution < 1.29 is 4.92 Å². The van der Waals surface area contributed by atoms with E-state index in [4.69, 9.17) is 0 Å². The molecule has 0 radical (unpaired) electrons. The van der Waals surface area contributed by atoms with E-state index in [1.807, 2.05) is 6.92 Å². The Labute approximate surface area is 102 Å². The largest absolute Gasteiger partial charge is 0.380 e. The SMILES string of the molecule is C=C(C)CNc1ccc([N+](=O)[O-])cc1I. The van der Waals surface area contributed by atoms with Gasteiger partial charge in [0, 0.05) is 27.9 Å². The van der Waals surface area contributed by atoms with Gasteiger partial charge in [-0.15, -0.1) is 0 Å². The zero-order chi connectivity index (χ0) is 11.4. The summed E-state index contributed by atoms with van der Waals surface area (Å²) >= 11 is 2.07. The topological polar surface area (TPSA) is 55.2 Å². The summed E-state index contributed by atoms with van der Waals surface area (Å²) in [5.74, 6) is 0. The van der Waals surface area contributed by atoms with E-state index < -0.39 is 4.92 Å². The number of hydrogen-bond acceptors (Lipinski definition) is 3. The van der Waals surface area contributed by atoms with Gasteiger partial charge in [0.25, 0.3) is 5.69 Å². The first-order valence-corrected chi connectivity index (χ1v) is 5.41. The summed E-state index contributed by atoms with van der Waals surface area (Å²) in [4.78, 5) is 10.1. The molecule has 0 aliphatic carbocycles. The summed E-state index contributed by atoms with van der Waals surface area (Å²) in [7, 11) is 0. The number of rotatable bonds is 4. The van der Waals surface area contributed by atoms with Gasteiger partial charge in [0.05, 0.1) is 4.92 Å². The normalized spacial score (nSPS) is 9.73. The van der Waals surface area contributed by atoms with Gasteiger partial charge in [0.15, 0.2) is 0 Å². The Hall–Kier alpha value is -1.11. The van der Waals surface area contributed by atoms with Crippen molar-refractivity contribution >= 4 is 34.0 Å². The monoisotopic (exact) mass is 318 g/mol. The second-order valence-corrected chi connectivity index (χ2v) is 4.39. The van der Waals surface area contributed by atoms with Crippen LogP contribution in [0.4, 0.5) is 11.4 Å². The van der Waals surface area contributed by atoms with Crippen molar-refractivity contribution in [3.05, 3.63) is 44.0 Å². The summed E-state index contributed by atoms with van der Waals surface area (Å²) in [6.45, 7) is 6.37. The number of halogens is 1. The first-order chi connectivity index (χ1) is 7.00. The molecule has 0 atom stereocenters. The molecule has 0 heterocycles. The van der Waals surface area contributed by atoms with E-state index in [9.17, 15) is 10.1 Å². The average Bonchev–Trinajstić information content (AvgIpc) is 2.15. The molecule has 0 aliphatic heterocycles. The molecule has 0 saturated carbocycles. The Morgan fingerprint density at radius 2 is 2.33 bits per heavy atom. The van der Waals surface area contributed by atoms with Crippen molar-refractivity contribution in [2.45, 2.75) is 6.92 Å². The minimum absolute atomic E-state index is 0.111. The fourth-order valence-electron chi connectivity index (χ4n) is 1.01. The van der Waals surface area contributed by atoms with Gasteiger partial charge >= 0.3 is 0 Å². The third-order valence-electron chi connectivity index (χ3n) is 1.74. The minimum Gasteiger partial charge on any atom is -0.380 e. The molecule has 0 bridgehead atoms. The molecule has 0 saturated heterocycles. The van der Waals surface area contributed by atoms with E-state index in [1.165, 1.54) is 6.07 Å². The molecule has 5 heteroatoms. The Kier molecular flexibility index (Phi) is 4.07. The Morgan fingerprint density at radius 1 is 1.67 bits per heavy atom. The van der Waals surface area contributed by atoms with Gasteiger partial charge in [-0.2, -0.15) is 0 Å². The molecular weight excluding hydrogens is 307 g/mol. The van der Waals surface area contributed by atoms with Crippen molar-refractivity contribution in [3.63, 3.8) is 0 Å². The molecular formula is C10H11IN2O2. The number of anilines is 1. The lowest BCUT2D eigenvalue weighted by molar-refractivity contribution is -0.384. The van der Waals surface area contributed by atoms with Crippen molar-refractivity contribution in [2.24, 2.45) is 0 Å². The van der Waals surface area contributed by atoms with Crippen molar-refractivity contribution in [3.8, 4) is 0 Å². The molecule has 0 fully saturated rings. The smallest absolute Gasteiger partial charge is 0.270 e. The molecule has 0 aromatic heterocycles.